The van der Waals surface area contributed by atoms with Crippen molar-refractivity contribution in [1.29, 1.82) is 0 Å². The Morgan fingerprint density at radius 2 is 2.28 bits per heavy atom. The Kier molecular flexibility index (Phi) is 5.51. The first kappa shape index (κ1) is 14.4. The fourth-order valence-corrected chi connectivity index (χ4v) is 1.84. The molecule has 1 heterocycles. The Labute approximate surface area is 112 Å². The third kappa shape index (κ3) is 3.96. The molecule has 0 saturated carbocycles. The summed E-state index contributed by atoms with van der Waals surface area (Å²) >= 11 is 5.00. The Bertz CT molecular complexity index is 448. The summed E-state index contributed by atoms with van der Waals surface area (Å²) in [7, 11) is 0. The maximum atomic E-state index is 11.3. The zero-order valence-corrected chi connectivity index (χ0v) is 11.4. The number of carbonyl (C=O) groups is 1. The van der Waals surface area contributed by atoms with Gasteiger partial charge < -0.3 is 16.4 Å². The molecule has 1 rings (SSSR count). The average Bonchev–Trinajstić information content (AvgIpc) is 2.28. The quantitative estimate of drug-likeness (QED) is 0.668. The minimum Gasteiger partial charge on any atom is -0.389 e. The zero-order chi connectivity index (χ0) is 13.5. The van der Waals surface area contributed by atoms with E-state index in [1.807, 2.05) is 19.9 Å². The number of hydrogen-bond acceptors (Lipinski definition) is 4. The van der Waals surface area contributed by atoms with E-state index in [2.05, 4.69) is 15.6 Å². The molecule has 98 valence electrons. The van der Waals surface area contributed by atoms with Crippen LogP contribution >= 0.6 is 12.2 Å². The van der Waals surface area contributed by atoms with E-state index in [0.717, 1.165) is 11.1 Å². The molecule has 0 aliphatic heterocycles. The first-order chi connectivity index (χ1) is 8.56. The summed E-state index contributed by atoms with van der Waals surface area (Å²) in [5, 5.41) is 5.82. The van der Waals surface area contributed by atoms with Gasteiger partial charge in [-0.05, 0) is 25.5 Å². The summed E-state index contributed by atoms with van der Waals surface area (Å²) in [6.07, 6.45) is 2.08. The summed E-state index contributed by atoms with van der Waals surface area (Å²) in [6.45, 7) is 4.95. The molecule has 18 heavy (non-hydrogen) atoms. The van der Waals surface area contributed by atoms with E-state index in [-0.39, 0.29) is 5.91 Å². The first-order valence-corrected chi connectivity index (χ1v) is 6.23. The maximum absolute atomic E-state index is 11.3. The van der Waals surface area contributed by atoms with Crippen molar-refractivity contribution < 1.29 is 4.79 Å². The SMILES string of the molecule is CCNC(=O)CCNc1nccc(C)c1C(N)=S. The number of rotatable bonds is 6. The van der Waals surface area contributed by atoms with Crippen LogP contribution in [0.15, 0.2) is 12.3 Å². The molecule has 0 aliphatic carbocycles. The second kappa shape index (κ2) is 6.90. The molecule has 4 N–H and O–H groups in total. The van der Waals surface area contributed by atoms with Crippen molar-refractivity contribution in [1.82, 2.24) is 10.3 Å². The third-order valence-electron chi connectivity index (χ3n) is 2.42. The van der Waals surface area contributed by atoms with Crippen LogP contribution in [0.4, 0.5) is 5.82 Å². The molecule has 1 aromatic heterocycles. The topological polar surface area (TPSA) is 80.0 Å². The number of nitrogens with zero attached hydrogens (tertiary/aromatic N) is 1. The number of anilines is 1. The standard InChI is InChI=1S/C12H18N4OS/c1-3-14-9(17)5-7-16-12-10(11(13)18)8(2)4-6-15-12/h4,6H,3,5,7H2,1-2H3,(H2,13,18)(H,14,17)(H,15,16). The van der Waals surface area contributed by atoms with Crippen LogP contribution in [-0.4, -0.2) is 29.0 Å². The van der Waals surface area contributed by atoms with E-state index in [0.29, 0.717) is 30.3 Å². The number of aryl methyl sites for hydroxylation is 1. The molecule has 0 aromatic carbocycles. The highest BCUT2D eigenvalue weighted by Gasteiger charge is 2.09. The van der Waals surface area contributed by atoms with E-state index in [1.165, 1.54) is 0 Å². The number of nitrogens with two attached hydrogens (primary N) is 1. The summed E-state index contributed by atoms with van der Waals surface area (Å²) in [6, 6.07) is 1.85. The van der Waals surface area contributed by atoms with Crippen molar-refractivity contribution >= 4 is 28.9 Å². The van der Waals surface area contributed by atoms with Gasteiger partial charge in [-0.2, -0.15) is 0 Å². The number of hydrogen-bond donors (Lipinski definition) is 3. The van der Waals surface area contributed by atoms with E-state index < -0.39 is 0 Å². The fourth-order valence-electron chi connectivity index (χ4n) is 1.58. The lowest BCUT2D eigenvalue weighted by Crippen LogP contribution is -2.25. The molecule has 0 aliphatic rings. The molecule has 0 bridgehead atoms. The Morgan fingerprint density at radius 1 is 1.56 bits per heavy atom. The molecule has 5 nitrogen and oxygen atoms in total. The van der Waals surface area contributed by atoms with Gasteiger partial charge in [0.2, 0.25) is 5.91 Å². The van der Waals surface area contributed by atoms with Crippen molar-refractivity contribution in [2.75, 3.05) is 18.4 Å². The van der Waals surface area contributed by atoms with E-state index in [1.54, 1.807) is 6.20 Å². The largest absolute Gasteiger partial charge is 0.389 e. The molecule has 0 radical (unpaired) electrons. The normalized spacial score (nSPS) is 9.89. The molecule has 1 aromatic rings. The van der Waals surface area contributed by atoms with Crippen molar-refractivity contribution in [3.63, 3.8) is 0 Å². The molecule has 0 fully saturated rings. The minimum atomic E-state index is 0.00882. The number of aromatic nitrogens is 1. The number of amides is 1. The van der Waals surface area contributed by atoms with Gasteiger partial charge in [-0.1, -0.05) is 12.2 Å². The fraction of sp³-hybridized carbons (Fsp3) is 0.417. The Balaban J connectivity index is 2.65. The van der Waals surface area contributed by atoms with Crippen LogP contribution in [0, 0.1) is 6.92 Å². The van der Waals surface area contributed by atoms with Gasteiger partial charge in [0.15, 0.2) is 0 Å². The average molecular weight is 266 g/mol. The summed E-state index contributed by atoms with van der Waals surface area (Å²) in [5.41, 5.74) is 7.38. The highest BCUT2D eigenvalue weighted by atomic mass is 32.1. The zero-order valence-electron chi connectivity index (χ0n) is 10.6. The van der Waals surface area contributed by atoms with Crippen LogP contribution in [0.5, 0.6) is 0 Å². The summed E-state index contributed by atoms with van der Waals surface area (Å²) in [5.74, 6) is 0.640. The molecule has 0 unspecified atom stereocenters. The van der Waals surface area contributed by atoms with Gasteiger partial charge in [0.05, 0.1) is 5.56 Å². The van der Waals surface area contributed by atoms with E-state index in [9.17, 15) is 4.79 Å². The van der Waals surface area contributed by atoms with Gasteiger partial charge >= 0.3 is 0 Å². The number of thiocarbonyl (C=S) groups is 1. The maximum Gasteiger partial charge on any atom is 0.221 e. The predicted octanol–water partition coefficient (Wildman–Crippen LogP) is 0.962. The van der Waals surface area contributed by atoms with Gasteiger partial charge in [0, 0.05) is 25.7 Å². The van der Waals surface area contributed by atoms with Crippen molar-refractivity contribution in [2.45, 2.75) is 20.3 Å². The summed E-state index contributed by atoms with van der Waals surface area (Å²) < 4.78 is 0. The van der Waals surface area contributed by atoms with Gasteiger partial charge in [-0.15, -0.1) is 0 Å². The van der Waals surface area contributed by atoms with Crippen LogP contribution in [-0.2, 0) is 4.79 Å². The van der Waals surface area contributed by atoms with Crippen LogP contribution in [0.3, 0.4) is 0 Å². The predicted molar refractivity (Wildman–Crippen MR) is 76.7 cm³/mol. The lowest BCUT2D eigenvalue weighted by Gasteiger charge is -2.12. The summed E-state index contributed by atoms with van der Waals surface area (Å²) in [4.78, 5) is 15.8. The number of nitrogens with one attached hydrogen (secondary N) is 2. The van der Waals surface area contributed by atoms with Crippen LogP contribution in [0.25, 0.3) is 0 Å². The molecule has 1 amide bonds. The minimum absolute atomic E-state index is 0.00882. The third-order valence-corrected chi connectivity index (χ3v) is 2.63. The van der Waals surface area contributed by atoms with Crippen LogP contribution < -0.4 is 16.4 Å². The monoisotopic (exact) mass is 266 g/mol. The molecular formula is C12H18N4OS. The van der Waals surface area contributed by atoms with E-state index in [4.69, 9.17) is 18.0 Å². The molecule has 6 heteroatoms. The molecule has 0 saturated heterocycles. The highest BCUT2D eigenvalue weighted by molar-refractivity contribution is 7.80. The number of pyridine rings is 1. The molecule has 0 atom stereocenters. The van der Waals surface area contributed by atoms with Gasteiger partial charge in [0.25, 0.3) is 0 Å². The van der Waals surface area contributed by atoms with E-state index >= 15 is 0 Å². The van der Waals surface area contributed by atoms with Gasteiger partial charge in [-0.25, -0.2) is 4.98 Å². The lowest BCUT2D eigenvalue weighted by molar-refractivity contribution is -0.120. The van der Waals surface area contributed by atoms with Crippen molar-refractivity contribution in [3.05, 3.63) is 23.4 Å². The second-order valence-electron chi connectivity index (χ2n) is 3.85. The smallest absolute Gasteiger partial charge is 0.221 e. The highest BCUT2D eigenvalue weighted by Crippen LogP contribution is 2.16. The number of carbonyl (C=O) groups excluding carboxylic acids is 1. The van der Waals surface area contributed by atoms with Crippen molar-refractivity contribution in [3.8, 4) is 0 Å². The van der Waals surface area contributed by atoms with Crippen molar-refractivity contribution in [2.24, 2.45) is 5.73 Å². The van der Waals surface area contributed by atoms with Gasteiger partial charge in [-0.3, -0.25) is 4.79 Å². The first-order valence-electron chi connectivity index (χ1n) is 5.82. The Morgan fingerprint density at radius 3 is 2.89 bits per heavy atom. The van der Waals surface area contributed by atoms with Crippen LogP contribution in [0.1, 0.15) is 24.5 Å². The second-order valence-corrected chi connectivity index (χ2v) is 4.29. The molecule has 0 spiro atoms. The van der Waals surface area contributed by atoms with Gasteiger partial charge in [0.1, 0.15) is 10.8 Å². The molecular weight excluding hydrogens is 248 g/mol. The Hall–Kier alpha value is -1.69. The lowest BCUT2D eigenvalue weighted by atomic mass is 10.1. The van der Waals surface area contributed by atoms with Crippen LogP contribution in [0.2, 0.25) is 0 Å².